The van der Waals surface area contributed by atoms with E-state index < -0.39 is 5.82 Å². The molecule has 0 fully saturated rings. The molecule has 0 radical (unpaired) electrons. The molecular formula is C19H24FN3O. The first-order valence-corrected chi connectivity index (χ1v) is 8.26. The lowest BCUT2D eigenvalue weighted by atomic mass is 10.0. The first-order valence-electron chi connectivity index (χ1n) is 8.26. The molecule has 1 amide bonds. The molecule has 1 atom stereocenters. The zero-order chi connectivity index (χ0) is 17.4. The Morgan fingerprint density at radius 3 is 2.75 bits per heavy atom. The van der Waals surface area contributed by atoms with Gasteiger partial charge in [0.1, 0.15) is 5.82 Å². The number of benzene rings is 1. The van der Waals surface area contributed by atoms with E-state index in [0.717, 1.165) is 24.8 Å². The van der Waals surface area contributed by atoms with Crippen molar-refractivity contribution in [3.05, 3.63) is 60.2 Å². The minimum atomic E-state index is -0.428. The number of halogens is 1. The van der Waals surface area contributed by atoms with Crippen LogP contribution in [0.4, 0.5) is 10.1 Å². The number of pyridine rings is 1. The maximum Gasteiger partial charge on any atom is 0.238 e. The predicted molar refractivity (Wildman–Crippen MR) is 94.2 cm³/mol. The number of carbonyl (C=O) groups is 1. The van der Waals surface area contributed by atoms with Crippen molar-refractivity contribution in [3.8, 4) is 0 Å². The summed E-state index contributed by atoms with van der Waals surface area (Å²) in [6.07, 6.45) is 6.69. The van der Waals surface area contributed by atoms with E-state index in [1.807, 2.05) is 30.3 Å². The van der Waals surface area contributed by atoms with Crippen LogP contribution in [0.15, 0.2) is 48.8 Å². The van der Waals surface area contributed by atoms with Gasteiger partial charge in [0, 0.05) is 18.4 Å². The molecule has 2 aromatic rings. The van der Waals surface area contributed by atoms with Crippen LogP contribution in [0.3, 0.4) is 0 Å². The second-order valence-electron chi connectivity index (χ2n) is 5.89. The first-order chi connectivity index (χ1) is 11.6. The quantitative estimate of drug-likeness (QED) is 0.795. The molecule has 0 aliphatic carbocycles. The number of carbonyl (C=O) groups excluding carboxylic acids is 1. The maximum atomic E-state index is 13.6. The number of unbranched alkanes of at least 4 members (excludes halogenated alkanes) is 1. The Morgan fingerprint density at radius 2 is 2.08 bits per heavy atom. The summed E-state index contributed by atoms with van der Waals surface area (Å²) in [6, 6.07) is 10.2. The molecule has 1 aromatic heterocycles. The lowest BCUT2D eigenvalue weighted by molar-refractivity contribution is -0.117. The fraction of sp³-hybridized carbons (Fsp3) is 0.368. The summed E-state index contributed by atoms with van der Waals surface area (Å²) in [6.45, 7) is 2.34. The minimum absolute atomic E-state index is 0.116. The topological polar surface area (TPSA) is 45.2 Å². The molecule has 1 heterocycles. The molecule has 24 heavy (non-hydrogen) atoms. The van der Waals surface area contributed by atoms with Crippen LogP contribution in [-0.2, 0) is 4.79 Å². The SMILES string of the molecule is CCCCC(c1cccnc1)N(C)CC(=O)Nc1ccccc1F. The molecule has 0 saturated carbocycles. The maximum absolute atomic E-state index is 13.6. The average molecular weight is 329 g/mol. The number of amides is 1. The van der Waals surface area contributed by atoms with Gasteiger partial charge in [-0.3, -0.25) is 14.7 Å². The molecule has 4 nitrogen and oxygen atoms in total. The Bertz CT molecular complexity index is 648. The van der Waals surface area contributed by atoms with E-state index in [0.29, 0.717) is 0 Å². The van der Waals surface area contributed by atoms with Crippen molar-refractivity contribution >= 4 is 11.6 Å². The van der Waals surface area contributed by atoms with Gasteiger partial charge < -0.3 is 5.32 Å². The molecule has 0 saturated heterocycles. The van der Waals surface area contributed by atoms with E-state index in [1.54, 1.807) is 24.4 Å². The van der Waals surface area contributed by atoms with Crippen LogP contribution in [0.2, 0.25) is 0 Å². The van der Waals surface area contributed by atoms with Crippen molar-refractivity contribution in [3.63, 3.8) is 0 Å². The Kier molecular flexibility index (Phi) is 6.88. The fourth-order valence-electron chi connectivity index (χ4n) is 2.70. The van der Waals surface area contributed by atoms with Crippen molar-refractivity contribution < 1.29 is 9.18 Å². The van der Waals surface area contributed by atoms with Gasteiger partial charge in [-0.2, -0.15) is 0 Å². The number of likely N-dealkylation sites (N-methyl/N-ethyl adjacent to an activating group) is 1. The number of hydrogen-bond acceptors (Lipinski definition) is 3. The number of para-hydroxylation sites is 1. The summed E-state index contributed by atoms with van der Waals surface area (Å²) in [5.41, 5.74) is 1.30. The first kappa shape index (κ1) is 18.1. The summed E-state index contributed by atoms with van der Waals surface area (Å²) < 4.78 is 13.6. The van der Waals surface area contributed by atoms with Crippen molar-refractivity contribution in [1.82, 2.24) is 9.88 Å². The number of hydrogen-bond donors (Lipinski definition) is 1. The highest BCUT2D eigenvalue weighted by Crippen LogP contribution is 2.24. The summed E-state index contributed by atoms with van der Waals surface area (Å²) in [5, 5.41) is 2.63. The molecule has 128 valence electrons. The predicted octanol–water partition coefficient (Wildman–Crippen LogP) is 4.02. The number of rotatable bonds is 8. The van der Waals surface area contributed by atoms with Crippen LogP contribution < -0.4 is 5.32 Å². The molecule has 1 N–H and O–H groups in total. The highest BCUT2D eigenvalue weighted by Gasteiger charge is 2.19. The van der Waals surface area contributed by atoms with Crippen LogP contribution in [-0.4, -0.2) is 29.4 Å². The second-order valence-corrected chi connectivity index (χ2v) is 5.89. The van der Waals surface area contributed by atoms with Gasteiger partial charge in [-0.1, -0.05) is 38.0 Å². The minimum Gasteiger partial charge on any atom is -0.322 e. The van der Waals surface area contributed by atoms with Crippen LogP contribution in [0.25, 0.3) is 0 Å². The summed E-state index contributed by atoms with van der Waals surface area (Å²) in [7, 11) is 1.91. The molecule has 1 unspecified atom stereocenters. The number of nitrogens with zero attached hydrogens (tertiary/aromatic N) is 2. The third kappa shape index (κ3) is 5.13. The van der Waals surface area contributed by atoms with Gasteiger partial charge in [0.05, 0.1) is 12.2 Å². The Hall–Kier alpha value is -2.27. The zero-order valence-electron chi connectivity index (χ0n) is 14.2. The van der Waals surface area contributed by atoms with Crippen molar-refractivity contribution in [2.75, 3.05) is 18.9 Å². The normalized spacial score (nSPS) is 12.2. The van der Waals surface area contributed by atoms with Crippen LogP contribution in [0.5, 0.6) is 0 Å². The molecule has 2 rings (SSSR count). The second kappa shape index (κ2) is 9.13. The molecule has 0 spiro atoms. The highest BCUT2D eigenvalue weighted by molar-refractivity contribution is 5.92. The van der Waals surface area contributed by atoms with Gasteiger partial charge in [0.15, 0.2) is 0 Å². The van der Waals surface area contributed by atoms with E-state index >= 15 is 0 Å². The third-order valence-electron chi connectivity index (χ3n) is 3.97. The number of anilines is 1. The summed E-state index contributed by atoms with van der Waals surface area (Å²) in [5.74, 6) is -0.656. The van der Waals surface area contributed by atoms with Crippen molar-refractivity contribution in [2.45, 2.75) is 32.2 Å². The van der Waals surface area contributed by atoms with E-state index in [-0.39, 0.29) is 24.2 Å². The largest absolute Gasteiger partial charge is 0.322 e. The number of aromatic nitrogens is 1. The monoisotopic (exact) mass is 329 g/mol. The zero-order valence-corrected chi connectivity index (χ0v) is 14.2. The molecule has 0 aliphatic rings. The van der Waals surface area contributed by atoms with Crippen LogP contribution in [0, 0.1) is 5.82 Å². The van der Waals surface area contributed by atoms with Gasteiger partial charge >= 0.3 is 0 Å². The lowest BCUT2D eigenvalue weighted by Gasteiger charge is -2.27. The van der Waals surface area contributed by atoms with Crippen LogP contribution >= 0.6 is 0 Å². The van der Waals surface area contributed by atoms with Crippen LogP contribution in [0.1, 0.15) is 37.8 Å². The molecule has 0 aliphatic heterocycles. The summed E-state index contributed by atoms with van der Waals surface area (Å²) in [4.78, 5) is 18.4. The van der Waals surface area contributed by atoms with E-state index in [1.165, 1.54) is 6.07 Å². The highest BCUT2D eigenvalue weighted by atomic mass is 19.1. The molecule has 5 heteroatoms. The third-order valence-corrected chi connectivity index (χ3v) is 3.97. The van der Waals surface area contributed by atoms with E-state index in [2.05, 4.69) is 17.2 Å². The standard InChI is InChI=1S/C19H24FN3O/c1-3-4-11-18(15-8-7-12-21-13-15)23(2)14-19(24)22-17-10-6-5-9-16(17)20/h5-10,12-13,18H,3-4,11,14H2,1-2H3,(H,22,24). The molecule has 1 aromatic carbocycles. The van der Waals surface area contributed by atoms with Crippen molar-refractivity contribution in [1.29, 1.82) is 0 Å². The Balaban J connectivity index is 2.02. The fourth-order valence-corrected chi connectivity index (χ4v) is 2.70. The van der Waals surface area contributed by atoms with Gasteiger partial charge in [0.2, 0.25) is 5.91 Å². The Labute approximate surface area is 142 Å². The Morgan fingerprint density at radius 1 is 1.29 bits per heavy atom. The molecule has 0 bridgehead atoms. The van der Waals surface area contributed by atoms with Crippen molar-refractivity contribution in [2.24, 2.45) is 0 Å². The van der Waals surface area contributed by atoms with Gasteiger partial charge in [-0.25, -0.2) is 4.39 Å². The summed E-state index contributed by atoms with van der Waals surface area (Å²) >= 11 is 0. The van der Waals surface area contributed by atoms with E-state index in [4.69, 9.17) is 0 Å². The number of nitrogens with one attached hydrogen (secondary N) is 1. The lowest BCUT2D eigenvalue weighted by Crippen LogP contribution is -2.33. The van der Waals surface area contributed by atoms with Gasteiger partial charge in [-0.15, -0.1) is 0 Å². The van der Waals surface area contributed by atoms with E-state index in [9.17, 15) is 9.18 Å². The average Bonchev–Trinajstić information content (AvgIpc) is 2.58. The van der Waals surface area contributed by atoms with Gasteiger partial charge in [0.25, 0.3) is 0 Å². The molecular weight excluding hydrogens is 305 g/mol. The van der Waals surface area contributed by atoms with Gasteiger partial charge in [-0.05, 0) is 37.2 Å². The smallest absolute Gasteiger partial charge is 0.238 e.